The lowest BCUT2D eigenvalue weighted by molar-refractivity contribution is 0.421. The summed E-state index contributed by atoms with van der Waals surface area (Å²) in [7, 11) is 0. The van der Waals surface area contributed by atoms with Crippen molar-refractivity contribution in [2.75, 3.05) is 0 Å². The third-order valence-electron chi connectivity index (χ3n) is 2.88. The molecular weight excluding hydrogens is 240 g/mol. The van der Waals surface area contributed by atoms with E-state index in [1.165, 1.54) is 5.56 Å². The molecule has 0 saturated heterocycles. The van der Waals surface area contributed by atoms with Crippen molar-refractivity contribution in [1.82, 2.24) is 10.3 Å². The molecule has 0 saturated carbocycles. The van der Waals surface area contributed by atoms with Crippen molar-refractivity contribution < 1.29 is 0 Å². The Kier molecular flexibility index (Phi) is 4.90. The number of hydrogen-bond donors (Lipinski definition) is 1. The summed E-state index contributed by atoms with van der Waals surface area (Å²) in [4.78, 5) is 4.47. The van der Waals surface area contributed by atoms with Crippen LogP contribution in [0.4, 0.5) is 0 Å². The van der Waals surface area contributed by atoms with Gasteiger partial charge in [0, 0.05) is 18.8 Å². The van der Waals surface area contributed by atoms with Crippen LogP contribution < -0.4 is 5.32 Å². The molecule has 0 aromatic carbocycles. The second-order valence-electron chi connectivity index (χ2n) is 4.95. The molecule has 1 atom stereocenters. The Hall–Kier alpha value is -1.19. The number of aromatic nitrogens is 1. The minimum absolute atomic E-state index is 0.339. The zero-order chi connectivity index (χ0) is 12.8. The smallest absolute Gasteiger partial charge is 0.0573 e. The third kappa shape index (κ3) is 3.93. The standard InChI is InChI=1S/C15H20N2S/c1-12(2)9-15(14-5-3-4-7-16-14)17-10-13-6-8-18-11-13/h3-8,11-12,15,17H,9-10H2,1-2H3. The number of pyridine rings is 1. The molecule has 1 unspecified atom stereocenters. The van der Waals surface area contributed by atoms with E-state index in [1.807, 2.05) is 12.3 Å². The average molecular weight is 260 g/mol. The van der Waals surface area contributed by atoms with Crippen molar-refractivity contribution in [3.05, 3.63) is 52.5 Å². The predicted octanol–water partition coefficient (Wildman–Crippen LogP) is 4.02. The van der Waals surface area contributed by atoms with Crippen LogP contribution in [0.2, 0.25) is 0 Å². The second-order valence-corrected chi connectivity index (χ2v) is 5.73. The fourth-order valence-electron chi connectivity index (χ4n) is 2.00. The summed E-state index contributed by atoms with van der Waals surface area (Å²) in [5.74, 6) is 0.659. The van der Waals surface area contributed by atoms with Gasteiger partial charge in [-0.3, -0.25) is 4.98 Å². The molecule has 2 nitrogen and oxygen atoms in total. The maximum absolute atomic E-state index is 4.47. The van der Waals surface area contributed by atoms with E-state index in [9.17, 15) is 0 Å². The van der Waals surface area contributed by atoms with Crippen molar-refractivity contribution in [3.63, 3.8) is 0 Å². The summed E-state index contributed by atoms with van der Waals surface area (Å²) in [5.41, 5.74) is 2.49. The molecular formula is C15H20N2S. The van der Waals surface area contributed by atoms with Crippen LogP contribution in [-0.4, -0.2) is 4.98 Å². The topological polar surface area (TPSA) is 24.9 Å². The van der Waals surface area contributed by atoms with E-state index in [-0.39, 0.29) is 0 Å². The van der Waals surface area contributed by atoms with Gasteiger partial charge in [-0.1, -0.05) is 19.9 Å². The highest BCUT2D eigenvalue weighted by molar-refractivity contribution is 7.07. The first kappa shape index (κ1) is 13.2. The summed E-state index contributed by atoms with van der Waals surface area (Å²) in [6, 6.07) is 8.64. The molecule has 2 aromatic rings. The quantitative estimate of drug-likeness (QED) is 0.848. The Balaban J connectivity index is 2.01. The van der Waals surface area contributed by atoms with E-state index >= 15 is 0 Å². The van der Waals surface area contributed by atoms with Crippen LogP contribution in [0.25, 0.3) is 0 Å². The van der Waals surface area contributed by atoms with Crippen molar-refractivity contribution in [2.45, 2.75) is 32.9 Å². The Bertz CT molecular complexity index is 437. The zero-order valence-corrected chi connectivity index (χ0v) is 11.8. The molecule has 0 fully saturated rings. The molecule has 0 spiro atoms. The average Bonchev–Trinajstić information content (AvgIpc) is 2.88. The lowest BCUT2D eigenvalue weighted by atomic mass is 10.0. The van der Waals surface area contributed by atoms with E-state index in [2.05, 4.69) is 53.1 Å². The molecule has 0 aliphatic carbocycles. The highest BCUT2D eigenvalue weighted by atomic mass is 32.1. The van der Waals surface area contributed by atoms with Crippen molar-refractivity contribution in [2.24, 2.45) is 5.92 Å². The first-order valence-corrected chi connectivity index (χ1v) is 7.35. The van der Waals surface area contributed by atoms with Crippen LogP contribution in [0.5, 0.6) is 0 Å². The number of nitrogens with one attached hydrogen (secondary N) is 1. The van der Waals surface area contributed by atoms with Gasteiger partial charge in [-0.25, -0.2) is 0 Å². The predicted molar refractivity (Wildman–Crippen MR) is 77.6 cm³/mol. The van der Waals surface area contributed by atoms with Crippen molar-refractivity contribution in [1.29, 1.82) is 0 Å². The Labute approximate surface area is 113 Å². The van der Waals surface area contributed by atoms with E-state index in [1.54, 1.807) is 11.3 Å². The monoisotopic (exact) mass is 260 g/mol. The van der Waals surface area contributed by atoms with Crippen LogP contribution >= 0.6 is 11.3 Å². The number of thiophene rings is 1. The first-order chi connectivity index (χ1) is 8.75. The fraction of sp³-hybridized carbons (Fsp3) is 0.400. The first-order valence-electron chi connectivity index (χ1n) is 6.41. The molecule has 1 N–H and O–H groups in total. The van der Waals surface area contributed by atoms with Gasteiger partial charge in [0.2, 0.25) is 0 Å². The molecule has 0 amide bonds. The molecule has 96 valence electrons. The van der Waals surface area contributed by atoms with Gasteiger partial charge in [-0.2, -0.15) is 11.3 Å². The minimum Gasteiger partial charge on any atom is -0.304 e. The van der Waals surface area contributed by atoms with Crippen molar-refractivity contribution >= 4 is 11.3 Å². The Morgan fingerprint density at radius 3 is 2.78 bits per heavy atom. The molecule has 2 aromatic heterocycles. The van der Waals surface area contributed by atoms with Crippen LogP contribution in [0.1, 0.15) is 37.6 Å². The second kappa shape index (κ2) is 6.66. The van der Waals surface area contributed by atoms with E-state index in [0.29, 0.717) is 12.0 Å². The Morgan fingerprint density at radius 1 is 1.28 bits per heavy atom. The SMILES string of the molecule is CC(C)CC(NCc1ccsc1)c1ccccn1. The molecule has 2 rings (SSSR count). The lowest BCUT2D eigenvalue weighted by Crippen LogP contribution is -2.23. The van der Waals surface area contributed by atoms with Gasteiger partial charge in [0.05, 0.1) is 5.69 Å². The van der Waals surface area contributed by atoms with Crippen LogP contribution in [0.15, 0.2) is 41.2 Å². The lowest BCUT2D eigenvalue weighted by Gasteiger charge is -2.20. The largest absolute Gasteiger partial charge is 0.304 e. The van der Waals surface area contributed by atoms with Gasteiger partial charge in [-0.15, -0.1) is 0 Å². The molecule has 3 heteroatoms. The summed E-state index contributed by atoms with van der Waals surface area (Å²) in [5, 5.41) is 7.93. The molecule has 0 aliphatic heterocycles. The van der Waals surface area contributed by atoms with Gasteiger partial charge in [0.25, 0.3) is 0 Å². The third-order valence-corrected chi connectivity index (χ3v) is 3.62. The summed E-state index contributed by atoms with van der Waals surface area (Å²) < 4.78 is 0. The Morgan fingerprint density at radius 2 is 2.17 bits per heavy atom. The summed E-state index contributed by atoms with van der Waals surface area (Å²) >= 11 is 1.75. The number of hydrogen-bond acceptors (Lipinski definition) is 3. The van der Waals surface area contributed by atoms with Crippen LogP contribution in [-0.2, 0) is 6.54 Å². The highest BCUT2D eigenvalue weighted by Crippen LogP contribution is 2.20. The van der Waals surface area contributed by atoms with Gasteiger partial charge >= 0.3 is 0 Å². The minimum atomic E-state index is 0.339. The van der Waals surface area contributed by atoms with Gasteiger partial charge in [0.15, 0.2) is 0 Å². The van der Waals surface area contributed by atoms with E-state index in [0.717, 1.165) is 18.7 Å². The maximum atomic E-state index is 4.47. The summed E-state index contributed by atoms with van der Waals surface area (Å²) in [6.45, 7) is 5.42. The number of nitrogens with zero attached hydrogens (tertiary/aromatic N) is 1. The van der Waals surface area contributed by atoms with Crippen LogP contribution in [0.3, 0.4) is 0 Å². The fourth-order valence-corrected chi connectivity index (χ4v) is 2.67. The molecule has 0 bridgehead atoms. The normalized spacial score (nSPS) is 12.8. The zero-order valence-electron chi connectivity index (χ0n) is 11.0. The highest BCUT2D eigenvalue weighted by Gasteiger charge is 2.13. The van der Waals surface area contributed by atoms with Gasteiger partial charge in [0.1, 0.15) is 0 Å². The number of rotatable bonds is 6. The maximum Gasteiger partial charge on any atom is 0.0573 e. The molecule has 2 heterocycles. The molecule has 0 radical (unpaired) electrons. The van der Waals surface area contributed by atoms with Crippen molar-refractivity contribution in [3.8, 4) is 0 Å². The van der Waals surface area contributed by atoms with E-state index < -0.39 is 0 Å². The molecule has 0 aliphatic rings. The summed E-state index contributed by atoms with van der Waals surface area (Å²) in [6.07, 6.45) is 2.98. The van der Waals surface area contributed by atoms with Crippen LogP contribution in [0, 0.1) is 5.92 Å². The van der Waals surface area contributed by atoms with E-state index in [4.69, 9.17) is 0 Å². The van der Waals surface area contributed by atoms with Gasteiger partial charge < -0.3 is 5.32 Å². The molecule has 18 heavy (non-hydrogen) atoms. The van der Waals surface area contributed by atoms with Gasteiger partial charge in [-0.05, 0) is 46.9 Å².